The fraction of sp³-hybridized carbons (Fsp3) is 1.00. The van der Waals surface area contributed by atoms with Crippen LogP contribution in [0.2, 0.25) is 5.04 Å². The van der Waals surface area contributed by atoms with Crippen LogP contribution >= 0.6 is 0 Å². The van der Waals surface area contributed by atoms with Crippen molar-refractivity contribution in [3.05, 3.63) is 0 Å². The van der Waals surface area contributed by atoms with E-state index in [1.54, 1.807) is 0 Å². The van der Waals surface area contributed by atoms with E-state index in [1.165, 1.54) is 0 Å². The monoisotopic (exact) mass is 217 g/mol. The molecule has 0 saturated heterocycles. The lowest BCUT2D eigenvalue weighted by molar-refractivity contribution is 0.125. The van der Waals surface area contributed by atoms with Crippen molar-refractivity contribution in [3.8, 4) is 0 Å². The first kappa shape index (κ1) is 14.1. The van der Waals surface area contributed by atoms with Crippen molar-refractivity contribution >= 4 is 10.2 Å². The third kappa shape index (κ3) is 3.35. The van der Waals surface area contributed by atoms with Gasteiger partial charge in [-0.25, -0.2) is 0 Å². The molecule has 0 rings (SSSR count). The van der Waals surface area contributed by atoms with Gasteiger partial charge in [-0.1, -0.05) is 13.8 Å². The molecule has 0 spiro atoms. The zero-order valence-electron chi connectivity index (χ0n) is 11.0. The maximum absolute atomic E-state index is 3.62. The fourth-order valence-electron chi connectivity index (χ4n) is 1.75. The second-order valence-corrected chi connectivity index (χ2v) is 8.38. The lowest BCUT2D eigenvalue weighted by Crippen LogP contribution is -2.73. The lowest BCUT2D eigenvalue weighted by Gasteiger charge is -2.49. The Morgan fingerprint density at radius 3 is 1.29 bits per heavy atom. The number of nitrogens with one attached hydrogen (secondary N) is 3. The Hall–Kier alpha value is 0.0969. The quantitative estimate of drug-likeness (QED) is 0.459. The Kier molecular flexibility index (Phi) is 4.34. The Morgan fingerprint density at radius 1 is 0.857 bits per heavy atom. The van der Waals surface area contributed by atoms with Gasteiger partial charge in [0.05, 0.1) is 0 Å². The Bertz CT molecular complexity index is 175. The highest BCUT2D eigenvalue weighted by Crippen LogP contribution is 2.31. The van der Waals surface area contributed by atoms with Crippen LogP contribution < -0.4 is 16.0 Å². The third-order valence-corrected chi connectivity index (χ3v) is 3.19. The van der Waals surface area contributed by atoms with Crippen molar-refractivity contribution in [3.63, 3.8) is 0 Å². The van der Waals surface area contributed by atoms with Gasteiger partial charge in [-0.05, 0) is 39.9 Å². The van der Waals surface area contributed by atoms with Gasteiger partial charge in [0.15, 0.2) is 0 Å². The molecule has 4 heteroatoms. The highest BCUT2D eigenvalue weighted by atomic mass is 28.1. The SMILES string of the molecule is CNC(NC)(NC(C)(C)C)C(C)(C)[SiH3]. The lowest BCUT2D eigenvalue weighted by atomic mass is 9.98. The van der Waals surface area contributed by atoms with Gasteiger partial charge in [0, 0.05) is 15.8 Å². The largest absolute Gasteiger partial charge is 0.290 e. The Morgan fingerprint density at radius 2 is 1.21 bits per heavy atom. The van der Waals surface area contributed by atoms with Gasteiger partial charge in [0.25, 0.3) is 0 Å². The predicted octanol–water partition coefficient (Wildman–Crippen LogP) is 0.0310. The minimum Gasteiger partial charge on any atom is -0.290 e. The zero-order chi connectivity index (χ0) is 11.6. The molecular formula is C10H27N3Si. The van der Waals surface area contributed by atoms with E-state index in [0.29, 0.717) is 0 Å². The van der Waals surface area contributed by atoms with Gasteiger partial charge in [-0.15, -0.1) is 0 Å². The molecule has 0 aliphatic rings. The number of rotatable bonds is 4. The highest BCUT2D eigenvalue weighted by Gasteiger charge is 2.41. The molecule has 0 aromatic heterocycles. The van der Waals surface area contributed by atoms with Crippen molar-refractivity contribution in [1.82, 2.24) is 16.0 Å². The molecular weight excluding hydrogens is 190 g/mol. The van der Waals surface area contributed by atoms with Crippen LogP contribution in [0.1, 0.15) is 34.6 Å². The molecule has 0 radical (unpaired) electrons. The summed E-state index contributed by atoms with van der Waals surface area (Å²) in [7, 11) is 5.10. The standard InChI is InChI=1S/C10H27N3Si/c1-8(2,3)13-10(11-6,12-7)9(4,5)14/h11-13H,1-7,14H3. The van der Waals surface area contributed by atoms with Gasteiger partial charge in [-0.2, -0.15) is 0 Å². The van der Waals surface area contributed by atoms with E-state index >= 15 is 0 Å². The molecule has 0 atom stereocenters. The van der Waals surface area contributed by atoms with Crippen LogP contribution in [0.4, 0.5) is 0 Å². The van der Waals surface area contributed by atoms with Crippen LogP contribution in [0.25, 0.3) is 0 Å². The Balaban J connectivity index is 4.91. The van der Waals surface area contributed by atoms with E-state index in [1.807, 2.05) is 14.1 Å². The molecule has 0 heterocycles. The summed E-state index contributed by atoms with van der Waals surface area (Å²) in [4.78, 5) is 0. The molecule has 14 heavy (non-hydrogen) atoms. The highest BCUT2D eigenvalue weighted by molar-refractivity contribution is 6.15. The third-order valence-electron chi connectivity index (χ3n) is 2.44. The van der Waals surface area contributed by atoms with E-state index in [2.05, 4.69) is 50.6 Å². The van der Waals surface area contributed by atoms with Crippen LogP contribution in [0.3, 0.4) is 0 Å². The maximum Gasteiger partial charge on any atom is 0.125 e. The van der Waals surface area contributed by atoms with Crippen LogP contribution in [0.5, 0.6) is 0 Å². The minimum absolute atomic E-state index is 0.0910. The summed E-state index contributed by atoms with van der Waals surface area (Å²) < 4.78 is 0. The zero-order valence-corrected chi connectivity index (χ0v) is 13.0. The first-order chi connectivity index (χ1) is 6.08. The summed E-state index contributed by atoms with van der Waals surface area (Å²) in [6.07, 6.45) is 0. The molecule has 3 N–H and O–H groups in total. The average Bonchev–Trinajstić information content (AvgIpc) is 1.96. The molecule has 0 aromatic rings. The molecule has 0 saturated carbocycles. The molecule has 3 nitrogen and oxygen atoms in total. The summed E-state index contributed by atoms with van der Waals surface area (Å²) in [5.41, 5.74) is 0.0910. The smallest absolute Gasteiger partial charge is 0.125 e. The van der Waals surface area contributed by atoms with Crippen LogP contribution in [0.15, 0.2) is 0 Å². The average molecular weight is 217 g/mol. The summed E-state index contributed by atoms with van der Waals surface area (Å²) in [6, 6.07) is 0. The van der Waals surface area contributed by atoms with Gasteiger partial charge < -0.3 is 0 Å². The van der Waals surface area contributed by atoms with E-state index < -0.39 is 0 Å². The summed E-state index contributed by atoms with van der Waals surface area (Å²) in [6.45, 7) is 11.1. The molecule has 0 fully saturated rings. The van der Waals surface area contributed by atoms with Gasteiger partial charge in [0.1, 0.15) is 5.79 Å². The second-order valence-electron chi connectivity index (χ2n) is 5.88. The topological polar surface area (TPSA) is 36.1 Å². The molecule has 0 unspecified atom stereocenters. The van der Waals surface area contributed by atoms with Crippen molar-refractivity contribution in [2.75, 3.05) is 14.1 Å². The summed E-state index contributed by atoms with van der Waals surface area (Å²) in [5.74, 6) is -0.183. The van der Waals surface area contributed by atoms with Crippen LogP contribution in [-0.4, -0.2) is 35.7 Å². The first-order valence-corrected chi connectivity index (χ1v) is 6.25. The molecule has 0 bridgehead atoms. The normalized spacial score (nSPS) is 14.8. The molecule has 0 aromatic carbocycles. The van der Waals surface area contributed by atoms with Gasteiger partial charge in [0.2, 0.25) is 0 Å². The van der Waals surface area contributed by atoms with Crippen molar-refractivity contribution < 1.29 is 0 Å². The fourth-order valence-corrected chi connectivity index (χ4v) is 2.38. The van der Waals surface area contributed by atoms with E-state index in [0.717, 1.165) is 10.2 Å². The maximum atomic E-state index is 3.62. The van der Waals surface area contributed by atoms with E-state index in [4.69, 9.17) is 0 Å². The van der Waals surface area contributed by atoms with Crippen molar-refractivity contribution in [2.45, 2.75) is 51.0 Å². The van der Waals surface area contributed by atoms with E-state index in [9.17, 15) is 0 Å². The molecule has 0 amide bonds. The second kappa shape index (κ2) is 4.31. The Labute approximate surface area is 91.8 Å². The van der Waals surface area contributed by atoms with Gasteiger partial charge >= 0.3 is 0 Å². The van der Waals surface area contributed by atoms with Crippen LogP contribution in [0, 0.1) is 0 Å². The summed E-state index contributed by atoms with van der Waals surface area (Å²) >= 11 is 0. The molecule has 0 aliphatic carbocycles. The summed E-state index contributed by atoms with van der Waals surface area (Å²) in [5, 5.41) is 10.6. The molecule has 86 valence electrons. The first-order valence-electron chi connectivity index (χ1n) is 5.25. The minimum atomic E-state index is -0.183. The van der Waals surface area contributed by atoms with Crippen molar-refractivity contribution in [1.29, 1.82) is 0 Å². The molecule has 0 aliphatic heterocycles. The number of hydrogen-bond acceptors (Lipinski definition) is 3. The predicted molar refractivity (Wildman–Crippen MR) is 67.7 cm³/mol. The number of hydrogen-bond donors (Lipinski definition) is 3. The van der Waals surface area contributed by atoms with Gasteiger partial charge in [-0.3, -0.25) is 16.0 Å². The van der Waals surface area contributed by atoms with Crippen molar-refractivity contribution in [2.24, 2.45) is 0 Å². The van der Waals surface area contributed by atoms with Crippen LogP contribution in [-0.2, 0) is 0 Å². The van der Waals surface area contributed by atoms with E-state index in [-0.39, 0.29) is 16.4 Å².